The van der Waals surface area contributed by atoms with Crippen LogP contribution in [0.15, 0.2) is 11.2 Å². The first-order valence-corrected chi connectivity index (χ1v) is 7.54. The maximum absolute atomic E-state index is 5.85. The lowest BCUT2D eigenvalue weighted by atomic mass is 10.2. The molecule has 106 valence electrons. The Morgan fingerprint density at radius 2 is 2.58 bits per heavy atom. The molecule has 1 aliphatic rings. The van der Waals surface area contributed by atoms with E-state index in [0.717, 1.165) is 31.0 Å². The standard InChI is InChI=1S/C13H22N4OS/c1-9(12-15-7-10(2)19-12)6-16-13(14)17-8-11-4-3-5-18-11/h7,9,11H,3-6,8H2,1-2H3,(H3,14,16,17). The highest BCUT2D eigenvalue weighted by Gasteiger charge is 2.15. The number of aromatic nitrogens is 1. The molecule has 2 rings (SSSR count). The van der Waals surface area contributed by atoms with E-state index in [9.17, 15) is 0 Å². The van der Waals surface area contributed by atoms with Crippen molar-refractivity contribution in [3.05, 3.63) is 16.1 Å². The molecule has 1 fully saturated rings. The fraction of sp³-hybridized carbons (Fsp3) is 0.692. The van der Waals surface area contributed by atoms with Crippen LogP contribution in [0.3, 0.4) is 0 Å². The Kier molecular flexibility index (Phi) is 5.15. The van der Waals surface area contributed by atoms with Gasteiger partial charge in [0.05, 0.1) is 17.7 Å². The Morgan fingerprint density at radius 1 is 1.74 bits per heavy atom. The monoisotopic (exact) mass is 282 g/mol. The minimum absolute atomic E-state index is 0.285. The summed E-state index contributed by atoms with van der Waals surface area (Å²) >= 11 is 1.72. The Bertz CT molecular complexity index is 426. The van der Waals surface area contributed by atoms with Crippen molar-refractivity contribution in [1.29, 1.82) is 0 Å². The van der Waals surface area contributed by atoms with Crippen molar-refractivity contribution in [2.24, 2.45) is 10.7 Å². The number of nitrogens with two attached hydrogens (primary N) is 1. The summed E-state index contributed by atoms with van der Waals surface area (Å²) in [5.74, 6) is 0.803. The van der Waals surface area contributed by atoms with Gasteiger partial charge in [0.2, 0.25) is 0 Å². The molecule has 2 heterocycles. The molecule has 5 nitrogen and oxygen atoms in total. The zero-order chi connectivity index (χ0) is 13.7. The number of hydrogen-bond acceptors (Lipinski definition) is 4. The van der Waals surface area contributed by atoms with Crippen LogP contribution in [-0.4, -0.2) is 36.7 Å². The molecule has 6 heteroatoms. The zero-order valence-corrected chi connectivity index (χ0v) is 12.4. The number of nitrogens with one attached hydrogen (secondary N) is 1. The van der Waals surface area contributed by atoms with Gasteiger partial charge in [-0.3, -0.25) is 4.99 Å². The lowest BCUT2D eigenvalue weighted by molar-refractivity contribution is 0.114. The predicted octanol–water partition coefficient (Wildman–Crippen LogP) is 1.64. The van der Waals surface area contributed by atoms with Crippen LogP contribution in [0.1, 0.15) is 35.6 Å². The second-order valence-electron chi connectivity index (χ2n) is 4.95. The average Bonchev–Trinajstić information content (AvgIpc) is 3.04. The second-order valence-corrected chi connectivity index (χ2v) is 6.22. The quantitative estimate of drug-likeness (QED) is 0.636. The molecule has 0 amide bonds. The molecule has 2 atom stereocenters. The molecule has 19 heavy (non-hydrogen) atoms. The highest BCUT2D eigenvalue weighted by molar-refractivity contribution is 7.11. The smallest absolute Gasteiger partial charge is 0.188 e. The van der Waals surface area contributed by atoms with Crippen LogP contribution in [0.5, 0.6) is 0 Å². The Morgan fingerprint density at radius 3 is 3.21 bits per heavy atom. The second kappa shape index (κ2) is 6.86. The third kappa shape index (κ3) is 4.47. The van der Waals surface area contributed by atoms with Gasteiger partial charge < -0.3 is 15.8 Å². The van der Waals surface area contributed by atoms with Gasteiger partial charge in [-0.15, -0.1) is 11.3 Å². The Labute approximate surface area is 118 Å². The molecular formula is C13H22N4OS. The van der Waals surface area contributed by atoms with Gasteiger partial charge in [-0.05, 0) is 19.8 Å². The number of rotatable bonds is 5. The molecule has 0 aromatic carbocycles. The highest BCUT2D eigenvalue weighted by atomic mass is 32.1. The van der Waals surface area contributed by atoms with E-state index in [2.05, 4.69) is 29.1 Å². The van der Waals surface area contributed by atoms with Crippen LogP contribution in [0, 0.1) is 6.92 Å². The van der Waals surface area contributed by atoms with E-state index in [4.69, 9.17) is 10.5 Å². The summed E-state index contributed by atoms with van der Waals surface area (Å²) in [5, 5.41) is 4.24. The van der Waals surface area contributed by atoms with Crippen LogP contribution in [0.4, 0.5) is 0 Å². The van der Waals surface area contributed by atoms with Crippen molar-refractivity contribution >= 4 is 17.3 Å². The number of aliphatic imine (C=N–C) groups is 1. The van der Waals surface area contributed by atoms with Crippen LogP contribution in [-0.2, 0) is 4.74 Å². The summed E-state index contributed by atoms with van der Waals surface area (Å²) in [7, 11) is 0. The van der Waals surface area contributed by atoms with Crippen LogP contribution >= 0.6 is 11.3 Å². The fourth-order valence-corrected chi connectivity index (χ4v) is 2.81. The number of hydrogen-bond donors (Lipinski definition) is 2. The minimum Gasteiger partial charge on any atom is -0.376 e. The topological polar surface area (TPSA) is 72.5 Å². The third-order valence-corrected chi connectivity index (χ3v) is 4.28. The van der Waals surface area contributed by atoms with E-state index in [1.165, 1.54) is 4.88 Å². The van der Waals surface area contributed by atoms with E-state index in [0.29, 0.717) is 18.4 Å². The third-order valence-electron chi connectivity index (χ3n) is 3.13. The molecule has 1 aromatic rings. The average molecular weight is 282 g/mol. The first-order chi connectivity index (χ1) is 9.15. The molecule has 0 aliphatic carbocycles. The van der Waals surface area contributed by atoms with Gasteiger partial charge in [0.15, 0.2) is 5.96 Å². The van der Waals surface area contributed by atoms with Gasteiger partial charge >= 0.3 is 0 Å². The van der Waals surface area contributed by atoms with Gasteiger partial charge in [-0.25, -0.2) is 4.98 Å². The summed E-state index contributed by atoms with van der Waals surface area (Å²) in [6, 6.07) is 0. The molecule has 1 saturated heterocycles. The van der Waals surface area contributed by atoms with E-state index in [1.807, 2.05) is 6.20 Å². The largest absolute Gasteiger partial charge is 0.376 e. The van der Waals surface area contributed by atoms with E-state index in [1.54, 1.807) is 11.3 Å². The molecule has 1 aromatic heterocycles. The van der Waals surface area contributed by atoms with Crippen molar-refractivity contribution in [3.8, 4) is 0 Å². The number of aryl methyl sites for hydroxylation is 1. The maximum atomic E-state index is 5.85. The van der Waals surface area contributed by atoms with Crippen molar-refractivity contribution in [2.45, 2.75) is 38.7 Å². The molecule has 0 spiro atoms. The van der Waals surface area contributed by atoms with Crippen LogP contribution in [0.25, 0.3) is 0 Å². The fourth-order valence-electron chi connectivity index (χ4n) is 1.99. The van der Waals surface area contributed by atoms with Crippen molar-refractivity contribution < 1.29 is 4.74 Å². The molecule has 0 bridgehead atoms. The highest BCUT2D eigenvalue weighted by Crippen LogP contribution is 2.21. The van der Waals surface area contributed by atoms with E-state index < -0.39 is 0 Å². The molecule has 2 unspecified atom stereocenters. The van der Waals surface area contributed by atoms with Crippen LogP contribution in [0.2, 0.25) is 0 Å². The summed E-state index contributed by atoms with van der Waals surface area (Å²) in [6.45, 7) is 6.46. The molecule has 0 radical (unpaired) electrons. The molecule has 3 N–H and O–H groups in total. The van der Waals surface area contributed by atoms with Gasteiger partial charge in [-0.2, -0.15) is 0 Å². The lowest BCUT2D eigenvalue weighted by Gasteiger charge is -2.11. The first kappa shape index (κ1) is 14.3. The van der Waals surface area contributed by atoms with Crippen molar-refractivity contribution in [3.63, 3.8) is 0 Å². The number of guanidine groups is 1. The number of ether oxygens (including phenoxy) is 1. The summed E-state index contributed by atoms with van der Waals surface area (Å²) < 4.78 is 5.52. The zero-order valence-electron chi connectivity index (χ0n) is 11.6. The Hall–Kier alpha value is -1.14. The van der Waals surface area contributed by atoms with Gasteiger partial charge in [0.1, 0.15) is 0 Å². The van der Waals surface area contributed by atoms with Crippen molar-refractivity contribution in [1.82, 2.24) is 10.3 Å². The summed E-state index contributed by atoms with van der Waals surface area (Å²) in [5.41, 5.74) is 5.85. The van der Waals surface area contributed by atoms with Crippen LogP contribution < -0.4 is 11.1 Å². The maximum Gasteiger partial charge on any atom is 0.188 e. The number of nitrogens with zero attached hydrogens (tertiary/aromatic N) is 2. The molecule has 1 aliphatic heterocycles. The summed E-state index contributed by atoms with van der Waals surface area (Å²) in [4.78, 5) is 9.97. The SMILES string of the molecule is Cc1cnc(C(C)CN=C(N)NCC2CCCO2)s1. The predicted molar refractivity (Wildman–Crippen MR) is 78.7 cm³/mol. The lowest BCUT2D eigenvalue weighted by Crippen LogP contribution is -2.37. The summed E-state index contributed by atoms with van der Waals surface area (Å²) in [6.07, 6.45) is 4.44. The number of thiazole rings is 1. The first-order valence-electron chi connectivity index (χ1n) is 6.73. The molecule has 0 saturated carbocycles. The minimum atomic E-state index is 0.285. The van der Waals surface area contributed by atoms with E-state index in [-0.39, 0.29) is 6.10 Å². The normalized spacial score (nSPS) is 21.6. The molecular weight excluding hydrogens is 260 g/mol. The van der Waals surface area contributed by atoms with Gasteiger partial charge in [0, 0.05) is 30.1 Å². The van der Waals surface area contributed by atoms with Gasteiger partial charge in [-0.1, -0.05) is 6.92 Å². The Balaban J connectivity index is 1.74. The van der Waals surface area contributed by atoms with Crippen molar-refractivity contribution in [2.75, 3.05) is 19.7 Å². The van der Waals surface area contributed by atoms with E-state index >= 15 is 0 Å². The van der Waals surface area contributed by atoms with Gasteiger partial charge in [0.25, 0.3) is 0 Å².